The van der Waals surface area contributed by atoms with Gasteiger partial charge in [-0.2, -0.15) is 0 Å². The molecule has 2 heteroatoms. The third kappa shape index (κ3) is 3.33. The van der Waals surface area contributed by atoms with Crippen LogP contribution in [0.5, 0.6) is 0 Å². The fourth-order valence-electron chi connectivity index (χ4n) is 2.84. The molecule has 102 valence electrons. The molecule has 0 aromatic carbocycles. The summed E-state index contributed by atoms with van der Waals surface area (Å²) in [6.45, 7) is 3.37. The molecule has 1 nitrogen and oxygen atoms in total. The van der Waals surface area contributed by atoms with Crippen LogP contribution in [0.15, 0.2) is 22.1 Å². The van der Waals surface area contributed by atoms with E-state index in [0.717, 1.165) is 13.0 Å². The third-order valence-electron chi connectivity index (χ3n) is 4.66. The first kappa shape index (κ1) is 15.2. The zero-order valence-corrected chi connectivity index (χ0v) is 14.6. The van der Waals surface area contributed by atoms with Crippen LogP contribution in [0.1, 0.15) is 26.2 Å². The molecule has 0 amide bonds. The molecule has 0 aromatic heterocycles. The molecule has 1 N–H and O–H groups in total. The van der Waals surface area contributed by atoms with Crippen LogP contribution in [0.25, 0.3) is 0 Å². The van der Waals surface area contributed by atoms with Crippen molar-refractivity contribution in [1.29, 1.82) is 0 Å². The first-order chi connectivity index (χ1) is 7.10. The summed E-state index contributed by atoms with van der Waals surface area (Å²) in [5.74, 6) is 0. The maximum absolute atomic E-state index is 4.16. The molecule has 1 aliphatic carbocycles. The molecule has 0 unspecified atom stereocenters. The van der Waals surface area contributed by atoms with E-state index < -0.39 is 11.7 Å². The Morgan fingerprint density at radius 3 is 2.12 bits per heavy atom. The van der Waals surface area contributed by atoms with Gasteiger partial charge in [0.05, 0.1) is 0 Å². The van der Waals surface area contributed by atoms with Crippen LogP contribution in [0.4, 0.5) is 0 Å². The van der Waals surface area contributed by atoms with Crippen molar-refractivity contribution < 1.29 is 11.7 Å². The number of hydrogen-bond acceptors (Lipinski definition) is 1. The van der Waals surface area contributed by atoms with Crippen molar-refractivity contribution >= 4 is 0 Å². The van der Waals surface area contributed by atoms with Gasteiger partial charge in [0.1, 0.15) is 0 Å². The van der Waals surface area contributed by atoms with Gasteiger partial charge in [-0.15, -0.1) is 0 Å². The molecule has 1 rings (SSSR count). The predicted molar refractivity (Wildman–Crippen MR) is 79.9 cm³/mol. The molecule has 1 aliphatic rings. The molecule has 0 aliphatic heterocycles. The van der Waals surface area contributed by atoms with Gasteiger partial charge < -0.3 is 0 Å². The average Bonchev–Trinajstić information content (AvgIpc) is 2.53. The van der Waals surface area contributed by atoms with Crippen molar-refractivity contribution in [3.05, 3.63) is 22.1 Å². The quantitative estimate of drug-likeness (QED) is 0.499. The summed E-state index contributed by atoms with van der Waals surface area (Å²) < 4.78 is 5.67. The minimum absolute atomic E-state index is 1.10. The van der Waals surface area contributed by atoms with Gasteiger partial charge in [0.2, 0.25) is 0 Å². The molecule has 0 saturated carbocycles. The van der Waals surface area contributed by atoms with Crippen molar-refractivity contribution in [2.45, 2.75) is 57.6 Å². The molecule has 0 heterocycles. The Kier molecular flexibility index (Phi) is 2.17. The van der Waals surface area contributed by atoms with Crippen LogP contribution in [-0.2, 0) is 11.7 Å². The number of nitrogens with one attached hydrogen (secondary N) is 1. The Morgan fingerprint density at radius 1 is 1.12 bits per heavy atom. The zero-order valence-electron chi connectivity index (χ0n) is 13.1. The molecule has 0 bridgehead atoms. The van der Waals surface area contributed by atoms with E-state index in [9.17, 15) is 0 Å². The molecule has 0 radical (unpaired) electrons. The predicted octanol–water partition coefficient (Wildman–Crippen LogP) is 5.72. The molecule has 17 heavy (non-hydrogen) atoms. The second kappa shape index (κ2) is 2.42. The first-order valence-corrected chi connectivity index (χ1v) is 18.2. The van der Waals surface area contributed by atoms with Crippen molar-refractivity contribution in [2.75, 3.05) is 6.54 Å². The fraction of sp³-hybridized carbons (Fsp3) is 0.733. The summed E-state index contributed by atoms with van der Waals surface area (Å²) >= 11 is -4.16. The van der Waals surface area contributed by atoms with E-state index in [-0.39, 0.29) is 0 Å². The number of hydrogen-bond donors (Lipinski definition) is 1. The molecule has 0 spiro atoms. The van der Waals surface area contributed by atoms with Crippen molar-refractivity contribution in [1.82, 2.24) is 3.80 Å². The third-order valence-corrected chi connectivity index (χ3v) is 15.7. The molecule has 0 aromatic rings. The fourth-order valence-corrected chi connectivity index (χ4v) is 10.1. The topological polar surface area (TPSA) is 12.0 Å². The van der Waals surface area contributed by atoms with Crippen LogP contribution in [0.3, 0.4) is 0 Å². The molecule has 0 atom stereocenters. The molecular weight excluding hydrogens is 242 g/mol. The van der Waals surface area contributed by atoms with E-state index in [4.69, 9.17) is 0 Å². The van der Waals surface area contributed by atoms with Crippen molar-refractivity contribution in [3.63, 3.8) is 0 Å². The van der Waals surface area contributed by atoms with Crippen LogP contribution in [0, 0.1) is 0 Å². The van der Waals surface area contributed by atoms with E-state index in [0.29, 0.717) is 0 Å². The molecular formula is C15H33NTi. The van der Waals surface area contributed by atoms with Gasteiger partial charge in [-0.05, 0) is 0 Å². The van der Waals surface area contributed by atoms with Gasteiger partial charge in [-0.1, -0.05) is 0 Å². The van der Waals surface area contributed by atoms with Gasteiger partial charge >= 0.3 is 102 Å². The van der Waals surface area contributed by atoms with E-state index in [1.54, 1.807) is 3.88 Å². The number of rotatable bonds is 5. The summed E-state index contributed by atoms with van der Waals surface area (Å²) in [4.78, 5) is 0. The van der Waals surface area contributed by atoms with Crippen molar-refractivity contribution in [2.24, 2.45) is 0 Å². The van der Waals surface area contributed by atoms with E-state index in [2.05, 4.69) is 60.3 Å². The van der Waals surface area contributed by atoms with Gasteiger partial charge in [0.15, 0.2) is 0 Å². The normalized spacial score (nSPS) is 25.5. The monoisotopic (exact) mass is 275 g/mol. The van der Waals surface area contributed by atoms with Crippen LogP contribution in [-0.4, -0.2) is 6.54 Å². The summed E-state index contributed by atoms with van der Waals surface area (Å²) in [7, 11) is 0. The van der Waals surface area contributed by atoms with Gasteiger partial charge in [0, 0.05) is 0 Å². The summed E-state index contributed by atoms with van der Waals surface area (Å²) in [6.07, 6.45) is 10.4. The van der Waals surface area contributed by atoms with Crippen LogP contribution >= 0.6 is 0 Å². The Morgan fingerprint density at radius 2 is 1.71 bits per heavy atom. The van der Waals surface area contributed by atoms with E-state index in [1.165, 1.54) is 12.8 Å². The van der Waals surface area contributed by atoms with E-state index in [1.807, 2.05) is 0 Å². The average molecular weight is 275 g/mol. The van der Waals surface area contributed by atoms with Gasteiger partial charge in [0.25, 0.3) is 0 Å². The Balaban J connectivity index is 3.33. The number of unbranched alkanes of at least 4 members (excludes halogenated alkanes) is 1. The summed E-state index contributed by atoms with van der Waals surface area (Å²) in [5.41, 5.74) is 0. The Hall–Kier alpha value is 0.154. The SMILES string of the molecule is CCCC[NH][Ti]([CH3])([CH3])([CH3])([CH3])([CH3])([CH3])[C]1=CC=CC1. The van der Waals surface area contributed by atoms with Crippen LogP contribution < -0.4 is 3.80 Å². The molecule has 0 fully saturated rings. The van der Waals surface area contributed by atoms with Gasteiger partial charge in [-0.3, -0.25) is 0 Å². The summed E-state index contributed by atoms with van der Waals surface area (Å²) in [6, 6.07) is 0. The standard InChI is InChI=1S/C5H5.C4H10N.6CH3.Ti/c1-2-4-5-3-1;1-2-3-4-5;;;;;;;/h1-3H,4H2;5H,2-4H2,1H3;6*1H3;/q;-1;;;;;;;+1. The molecule has 0 saturated heterocycles. The first-order valence-electron chi connectivity index (χ1n) is 7.28. The Bertz CT molecular complexity index is 419. The zero-order chi connectivity index (χ0) is 13.6. The van der Waals surface area contributed by atoms with Crippen molar-refractivity contribution in [3.8, 4) is 0 Å². The Labute approximate surface area is 102 Å². The van der Waals surface area contributed by atoms with E-state index >= 15 is 0 Å². The summed E-state index contributed by atoms with van der Waals surface area (Å²) in [5, 5.41) is 15.1. The second-order valence-electron chi connectivity index (χ2n) is 13.2. The second-order valence-corrected chi connectivity index (χ2v) is 48.0. The maximum atomic E-state index is 4.07. The minimum atomic E-state index is -4.16. The van der Waals surface area contributed by atoms with Gasteiger partial charge in [-0.25, -0.2) is 0 Å². The number of allylic oxidation sites excluding steroid dienone is 4. The van der Waals surface area contributed by atoms with Crippen LogP contribution in [0.2, 0.25) is 31.4 Å².